The van der Waals surface area contributed by atoms with Gasteiger partial charge in [0.1, 0.15) is 13.6 Å². The van der Waals surface area contributed by atoms with Gasteiger partial charge in [0.15, 0.2) is 0 Å². The maximum Gasteiger partial charge on any atom is 0.146 e. The fraction of sp³-hybridized carbons (Fsp3) is 1.00. The first-order valence-corrected chi connectivity index (χ1v) is 8.43. The van der Waals surface area contributed by atoms with Gasteiger partial charge in [-0.05, 0) is 51.6 Å². The number of hydrogen-bond donors (Lipinski definition) is 1. The van der Waals surface area contributed by atoms with E-state index in [4.69, 9.17) is 18.9 Å². The molecular formula is C16H35NO4. The highest BCUT2D eigenvalue weighted by atomic mass is 16.7. The predicted octanol–water partition coefficient (Wildman–Crippen LogP) is 2.94. The van der Waals surface area contributed by atoms with Gasteiger partial charge in [0, 0.05) is 26.4 Å². The van der Waals surface area contributed by atoms with Crippen molar-refractivity contribution in [2.45, 2.75) is 52.4 Å². The summed E-state index contributed by atoms with van der Waals surface area (Å²) in [7, 11) is 0. The van der Waals surface area contributed by atoms with Gasteiger partial charge in [-0.3, -0.25) is 0 Å². The summed E-state index contributed by atoms with van der Waals surface area (Å²) >= 11 is 0. The number of hydrogen-bond acceptors (Lipinski definition) is 5. The molecule has 128 valence electrons. The zero-order valence-electron chi connectivity index (χ0n) is 14.0. The lowest BCUT2D eigenvalue weighted by Crippen LogP contribution is -2.17. The molecule has 1 N–H and O–H groups in total. The topological polar surface area (TPSA) is 49.0 Å². The molecule has 5 heteroatoms. The Morgan fingerprint density at radius 2 is 1.00 bits per heavy atom. The second kappa shape index (κ2) is 19.8. The third kappa shape index (κ3) is 19.8. The number of nitrogens with one attached hydrogen (secondary N) is 1. The molecule has 5 nitrogen and oxygen atoms in total. The van der Waals surface area contributed by atoms with Crippen molar-refractivity contribution in [3.8, 4) is 0 Å². The van der Waals surface area contributed by atoms with Crippen LogP contribution >= 0.6 is 0 Å². The van der Waals surface area contributed by atoms with Crippen molar-refractivity contribution in [2.24, 2.45) is 0 Å². The van der Waals surface area contributed by atoms with Gasteiger partial charge in [0.25, 0.3) is 0 Å². The molecule has 0 aliphatic heterocycles. The van der Waals surface area contributed by atoms with Gasteiger partial charge >= 0.3 is 0 Å². The van der Waals surface area contributed by atoms with Gasteiger partial charge in [-0.25, -0.2) is 0 Å². The molecule has 0 rings (SSSR count). The first-order valence-electron chi connectivity index (χ1n) is 8.43. The molecule has 0 aliphatic rings. The van der Waals surface area contributed by atoms with Crippen LogP contribution in [-0.2, 0) is 18.9 Å². The Bertz CT molecular complexity index is 164. The van der Waals surface area contributed by atoms with E-state index in [1.807, 2.05) is 0 Å². The Morgan fingerprint density at radius 3 is 1.43 bits per heavy atom. The van der Waals surface area contributed by atoms with E-state index in [1.165, 1.54) is 0 Å². The zero-order valence-corrected chi connectivity index (χ0v) is 14.0. The number of ether oxygens (including phenoxy) is 4. The highest BCUT2D eigenvalue weighted by Gasteiger charge is 1.93. The third-order valence-corrected chi connectivity index (χ3v) is 2.81. The first kappa shape index (κ1) is 20.8. The Morgan fingerprint density at radius 1 is 0.571 bits per heavy atom. The van der Waals surface area contributed by atoms with Crippen molar-refractivity contribution in [1.82, 2.24) is 5.32 Å². The SMILES string of the molecule is CCCOCOCCCCNCCCCOCOCCC. The highest BCUT2D eigenvalue weighted by molar-refractivity contribution is 4.49. The van der Waals surface area contributed by atoms with Gasteiger partial charge in [-0.1, -0.05) is 13.8 Å². The van der Waals surface area contributed by atoms with Crippen LogP contribution in [0.3, 0.4) is 0 Å². The lowest BCUT2D eigenvalue weighted by atomic mass is 10.3. The van der Waals surface area contributed by atoms with E-state index in [-0.39, 0.29) is 0 Å². The molecule has 0 aromatic heterocycles. The molecule has 0 spiro atoms. The average molecular weight is 305 g/mol. The van der Waals surface area contributed by atoms with Crippen LogP contribution in [0.1, 0.15) is 52.4 Å². The molecule has 0 aromatic rings. The molecule has 0 bridgehead atoms. The Hall–Kier alpha value is -0.200. The fourth-order valence-electron chi connectivity index (χ4n) is 1.68. The van der Waals surface area contributed by atoms with E-state index in [9.17, 15) is 0 Å². The summed E-state index contributed by atoms with van der Waals surface area (Å²) in [5, 5.41) is 3.43. The molecule has 0 aliphatic carbocycles. The summed E-state index contributed by atoms with van der Waals surface area (Å²) < 4.78 is 21.2. The lowest BCUT2D eigenvalue weighted by Gasteiger charge is -2.07. The van der Waals surface area contributed by atoms with E-state index in [0.717, 1.165) is 78.0 Å². The summed E-state index contributed by atoms with van der Waals surface area (Å²) in [6, 6.07) is 0. The molecule has 0 saturated heterocycles. The van der Waals surface area contributed by atoms with Crippen LogP contribution in [0.4, 0.5) is 0 Å². The molecule has 0 fully saturated rings. The van der Waals surface area contributed by atoms with Crippen LogP contribution in [-0.4, -0.2) is 53.1 Å². The molecule has 0 radical (unpaired) electrons. The van der Waals surface area contributed by atoms with E-state index in [1.54, 1.807) is 0 Å². The minimum atomic E-state index is 0.434. The molecular weight excluding hydrogens is 270 g/mol. The van der Waals surface area contributed by atoms with Crippen molar-refractivity contribution < 1.29 is 18.9 Å². The summed E-state index contributed by atoms with van der Waals surface area (Å²) in [5.74, 6) is 0. The standard InChI is InChI=1S/C16H35NO4/c1-3-11-18-15-20-13-7-5-9-17-10-6-8-14-21-16-19-12-4-2/h17H,3-16H2,1-2H3. The van der Waals surface area contributed by atoms with E-state index >= 15 is 0 Å². The fourth-order valence-corrected chi connectivity index (χ4v) is 1.68. The van der Waals surface area contributed by atoms with Crippen LogP contribution in [0.25, 0.3) is 0 Å². The van der Waals surface area contributed by atoms with Crippen molar-refractivity contribution >= 4 is 0 Å². The summed E-state index contributed by atoms with van der Waals surface area (Å²) in [6.07, 6.45) is 6.55. The van der Waals surface area contributed by atoms with Gasteiger partial charge in [0.2, 0.25) is 0 Å². The molecule has 0 atom stereocenters. The second-order valence-electron chi connectivity index (χ2n) is 5.03. The molecule has 0 saturated carbocycles. The van der Waals surface area contributed by atoms with Gasteiger partial charge in [-0.2, -0.15) is 0 Å². The van der Waals surface area contributed by atoms with Crippen LogP contribution in [0.5, 0.6) is 0 Å². The Labute approximate surface area is 130 Å². The maximum atomic E-state index is 5.36. The summed E-state index contributed by atoms with van der Waals surface area (Å²) in [5.41, 5.74) is 0. The van der Waals surface area contributed by atoms with Gasteiger partial charge < -0.3 is 24.3 Å². The van der Waals surface area contributed by atoms with E-state index in [0.29, 0.717) is 13.6 Å². The summed E-state index contributed by atoms with van der Waals surface area (Å²) in [6.45, 7) is 10.3. The summed E-state index contributed by atoms with van der Waals surface area (Å²) in [4.78, 5) is 0. The molecule has 0 heterocycles. The predicted molar refractivity (Wildman–Crippen MR) is 85.5 cm³/mol. The Kier molecular flexibility index (Phi) is 19.6. The molecule has 0 aromatic carbocycles. The number of rotatable bonds is 18. The molecule has 0 amide bonds. The van der Waals surface area contributed by atoms with Crippen LogP contribution in [0.2, 0.25) is 0 Å². The van der Waals surface area contributed by atoms with Crippen molar-refractivity contribution in [3.63, 3.8) is 0 Å². The number of unbranched alkanes of at least 4 members (excludes halogenated alkanes) is 2. The highest BCUT2D eigenvalue weighted by Crippen LogP contribution is 1.92. The van der Waals surface area contributed by atoms with E-state index < -0.39 is 0 Å². The minimum Gasteiger partial charge on any atom is -0.355 e. The monoisotopic (exact) mass is 305 g/mol. The first-order chi connectivity index (χ1) is 10.4. The van der Waals surface area contributed by atoms with Crippen LogP contribution in [0.15, 0.2) is 0 Å². The van der Waals surface area contributed by atoms with Crippen LogP contribution in [0, 0.1) is 0 Å². The molecule has 21 heavy (non-hydrogen) atoms. The minimum absolute atomic E-state index is 0.434. The van der Waals surface area contributed by atoms with Gasteiger partial charge in [-0.15, -0.1) is 0 Å². The average Bonchev–Trinajstić information content (AvgIpc) is 2.50. The third-order valence-electron chi connectivity index (χ3n) is 2.81. The zero-order chi connectivity index (χ0) is 15.4. The van der Waals surface area contributed by atoms with Crippen molar-refractivity contribution in [1.29, 1.82) is 0 Å². The molecule has 0 unspecified atom stereocenters. The van der Waals surface area contributed by atoms with E-state index in [2.05, 4.69) is 19.2 Å². The van der Waals surface area contributed by atoms with Crippen molar-refractivity contribution in [3.05, 3.63) is 0 Å². The maximum absolute atomic E-state index is 5.36. The lowest BCUT2D eigenvalue weighted by molar-refractivity contribution is -0.0543. The second-order valence-corrected chi connectivity index (χ2v) is 5.03. The smallest absolute Gasteiger partial charge is 0.146 e. The normalized spacial score (nSPS) is 11.1. The quantitative estimate of drug-likeness (QED) is 0.312. The van der Waals surface area contributed by atoms with Crippen LogP contribution < -0.4 is 5.32 Å². The van der Waals surface area contributed by atoms with Crippen molar-refractivity contribution in [2.75, 3.05) is 53.1 Å². The van der Waals surface area contributed by atoms with Gasteiger partial charge in [0.05, 0.1) is 0 Å². The Balaban J connectivity index is 2.90. The largest absolute Gasteiger partial charge is 0.355 e.